The molecule has 31 heavy (non-hydrogen) atoms. The Morgan fingerprint density at radius 3 is 2.52 bits per heavy atom. The number of fused-ring (bicyclic) bond motifs is 1. The maximum absolute atomic E-state index is 12.3. The lowest BCUT2D eigenvalue weighted by molar-refractivity contribution is 0.302. The molecule has 0 saturated heterocycles. The summed E-state index contributed by atoms with van der Waals surface area (Å²) >= 11 is 0. The lowest BCUT2D eigenvalue weighted by Gasteiger charge is -2.15. The predicted octanol–water partition coefficient (Wildman–Crippen LogP) is 7.08. The second-order valence-corrected chi connectivity index (χ2v) is 8.04. The maximum atomic E-state index is 12.3. The molecule has 3 nitrogen and oxygen atoms in total. The van der Waals surface area contributed by atoms with Gasteiger partial charge in [-0.05, 0) is 48.1 Å². The summed E-state index contributed by atoms with van der Waals surface area (Å²) in [4.78, 5) is 12.3. The molecule has 0 aliphatic heterocycles. The van der Waals surface area contributed by atoms with Crippen LogP contribution in [0.25, 0.3) is 22.1 Å². The Bertz CT molecular complexity index is 1220. The molecule has 0 aliphatic carbocycles. The fraction of sp³-hybridized carbons (Fsp3) is 0.250. The van der Waals surface area contributed by atoms with Gasteiger partial charge in [0, 0.05) is 17.5 Å². The third-order valence-corrected chi connectivity index (χ3v) is 5.54. The quantitative estimate of drug-likeness (QED) is 0.229. The molecule has 0 saturated carbocycles. The smallest absolute Gasteiger partial charge is 0.336 e. The average molecular weight is 413 g/mol. The van der Waals surface area contributed by atoms with Gasteiger partial charge in [-0.15, -0.1) is 0 Å². The zero-order chi connectivity index (χ0) is 21.6. The molecular formula is C28H28O3. The van der Waals surface area contributed by atoms with Crippen molar-refractivity contribution in [1.29, 1.82) is 0 Å². The van der Waals surface area contributed by atoms with Crippen LogP contribution in [0.2, 0.25) is 0 Å². The highest BCUT2D eigenvalue weighted by Gasteiger charge is 2.14. The highest BCUT2D eigenvalue weighted by Crippen LogP contribution is 2.33. The van der Waals surface area contributed by atoms with Gasteiger partial charge in [-0.3, -0.25) is 0 Å². The van der Waals surface area contributed by atoms with Gasteiger partial charge in [0.25, 0.3) is 0 Å². The van der Waals surface area contributed by atoms with Gasteiger partial charge >= 0.3 is 5.63 Å². The standard InChI is InChI=1S/C28H28O3/c1-3-4-6-14-23-16-25-24(22-12-7-5-8-13-22)17-28(29)31-27(25)18-26(23)30-19-21-11-9-10-20(2)15-21/h5,7-13,15-18H,3-4,6,14,19H2,1-2H3. The van der Waals surface area contributed by atoms with E-state index in [0.29, 0.717) is 12.2 Å². The van der Waals surface area contributed by atoms with Crippen molar-refractivity contribution < 1.29 is 9.15 Å². The van der Waals surface area contributed by atoms with Crippen molar-refractivity contribution in [3.05, 3.63) is 99.9 Å². The summed E-state index contributed by atoms with van der Waals surface area (Å²) in [7, 11) is 0. The van der Waals surface area contributed by atoms with Gasteiger partial charge in [0.05, 0.1) is 0 Å². The third-order valence-electron chi connectivity index (χ3n) is 5.54. The molecule has 0 atom stereocenters. The van der Waals surface area contributed by atoms with Crippen LogP contribution in [0.15, 0.2) is 82.0 Å². The van der Waals surface area contributed by atoms with Crippen LogP contribution in [0, 0.1) is 6.92 Å². The fourth-order valence-corrected chi connectivity index (χ4v) is 3.95. The normalized spacial score (nSPS) is 11.0. The Hall–Kier alpha value is -3.33. The van der Waals surface area contributed by atoms with E-state index in [4.69, 9.17) is 9.15 Å². The lowest BCUT2D eigenvalue weighted by atomic mass is 9.98. The van der Waals surface area contributed by atoms with E-state index in [1.807, 2.05) is 42.5 Å². The number of hydrogen-bond acceptors (Lipinski definition) is 3. The van der Waals surface area contributed by atoms with Gasteiger partial charge < -0.3 is 9.15 Å². The molecule has 4 rings (SSSR count). The molecule has 0 spiro atoms. The van der Waals surface area contributed by atoms with E-state index in [2.05, 4.69) is 38.1 Å². The van der Waals surface area contributed by atoms with Crippen molar-refractivity contribution in [2.24, 2.45) is 0 Å². The Balaban J connectivity index is 1.77. The van der Waals surface area contributed by atoms with E-state index in [-0.39, 0.29) is 5.63 Å². The SMILES string of the molecule is CCCCCc1cc2c(-c3ccccc3)cc(=O)oc2cc1OCc1cccc(C)c1. The number of hydrogen-bond donors (Lipinski definition) is 0. The fourth-order valence-electron chi connectivity index (χ4n) is 3.95. The van der Waals surface area contributed by atoms with Gasteiger partial charge in [-0.1, -0.05) is 79.9 Å². The first-order chi connectivity index (χ1) is 15.1. The number of unbranched alkanes of at least 4 members (excludes halogenated alkanes) is 2. The first-order valence-corrected chi connectivity index (χ1v) is 11.0. The highest BCUT2D eigenvalue weighted by atomic mass is 16.5. The topological polar surface area (TPSA) is 39.4 Å². The lowest BCUT2D eigenvalue weighted by Crippen LogP contribution is -2.02. The third kappa shape index (κ3) is 5.05. The number of rotatable bonds is 8. The summed E-state index contributed by atoms with van der Waals surface area (Å²) in [5, 5.41) is 0.945. The first kappa shape index (κ1) is 20.9. The molecular weight excluding hydrogens is 384 g/mol. The van der Waals surface area contributed by atoms with Gasteiger partial charge in [0.15, 0.2) is 0 Å². The maximum Gasteiger partial charge on any atom is 0.336 e. The molecule has 0 radical (unpaired) electrons. The van der Waals surface area contributed by atoms with Gasteiger partial charge in [0.2, 0.25) is 0 Å². The van der Waals surface area contributed by atoms with Crippen LogP contribution in [0.5, 0.6) is 5.75 Å². The van der Waals surface area contributed by atoms with E-state index in [0.717, 1.165) is 52.7 Å². The number of aryl methyl sites for hydroxylation is 2. The summed E-state index contributed by atoms with van der Waals surface area (Å²) in [5.41, 5.74) is 5.60. The molecule has 4 aromatic rings. The molecule has 0 bridgehead atoms. The van der Waals surface area contributed by atoms with Crippen LogP contribution >= 0.6 is 0 Å². The summed E-state index contributed by atoms with van der Waals surface area (Å²) in [6.07, 6.45) is 4.36. The molecule has 0 unspecified atom stereocenters. The van der Waals surface area contributed by atoms with Crippen molar-refractivity contribution in [3.8, 4) is 16.9 Å². The molecule has 1 aromatic heterocycles. The Kier molecular flexibility index (Phi) is 6.51. The molecule has 0 aliphatic rings. The van der Waals surface area contributed by atoms with Gasteiger partial charge in [-0.2, -0.15) is 0 Å². The monoisotopic (exact) mass is 412 g/mol. The van der Waals surface area contributed by atoms with Crippen LogP contribution < -0.4 is 10.4 Å². The molecule has 0 amide bonds. The van der Waals surface area contributed by atoms with E-state index >= 15 is 0 Å². The summed E-state index contributed by atoms with van der Waals surface area (Å²) in [5.74, 6) is 0.790. The molecule has 158 valence electrons. The zero-order valence-corrected chi connectivity index (χ0v) is 18.2. The molecule has 3 heteroatoms. The number of ether oxygens (including phenoxy) is 1. The van der Waals surface area contributed by atoms with Gasteiger partial charge in [-0.25, -0.2) is 4.79 Å². The van der Waals surface area contributed by atoms with Crippen LogP contribution in [-0.4, -0.2) is 0 Å². The van der Waals surface area contributed by atoms with Gasteiger partial charge in [0.1, 0.15) is 17.9 Å². The Labute approximate surface area is 183 Å². The Morgan fingerprint density at radius 2 is 1.74 bits per heavy atom. The largest absolute Gasteiger partial charge is 0.488 e. The minimum absolute atomic E-state index is 0.352. The summed E-state index contributed by atoms with van der Waals surface area (Å²) in [6, 6.07) is 23.9. The van der Waals surface area contributed by atoms with Crippen molar-refractivity contribution in [1.82, 2.24) is 0 Å². The van der Waals surface area contributed by atoms with Crippen LogP contribution in [0.4, 0.5) is 0 Å². The summed E-state index contributed by atoms with van der Waals surface area (Å²) in [6.45, 7) is 4.77. The van der Waals surface area contributed by atoms with E-state index in [9.17, 15) is 4.79 Å². The average Bonchev–Trinajstić information content (AvgIpc) is 2.78. The van der Waals surface area contributed by atoms with Crippen LogP contribution in [-0.2, 0) is 13.0 Å². The Morgan fingerprint density at radius 1 is 0.903 bits per heavy atom. The first-order valence-electron chi connectivity index (χ1n) is 11.0. The second-order valence-electron chi connectivity index (χ2n) is 8.04. The number of benzene rings is 3. The zero-order valence-electron chi connectivity index (χ0n) is 18.2. The van der Waals surface area contributed by atoms with E-state index in [1.165, 1.54) is 12.0 Å². The molecule has 0 N–H and O–H groups in total. The minimum Gasteiger partial charge on any atom is -0.488 e. The highest BCUT2D eigenvalue weighted by molar-refractivity contribution is 5.94. The minimum atomic E-state index is -0.352. The molecule has 0 fully saturated rings. The molecule has 1 heterocycles. The molecule has 3 aromatic carbocycles. The summed E-state index contributed by atoms with van der Waals surface area (Å²) < 4.78 is 11.8. The predicted molar refractivity (Wildman–Crippen MR) is 127 cm³/mol. The van der Waals surface area contributed by atoms with Crippen LogP contribution in [0.1, 0.15) is 42.9 Å². The second kappa shape index (κ2) is 9.65. The van der Waals surface area contributed by atoms with Crippen molar-refractivity contribution >= 4 is 11.0 Å². The van der Waals surface area contributed by atoms with Crippen molar-refractivity contribution in [2.45, 2.75) is 46.1 Å². The van der Waals surface area contributed by atoms with Crippen molar-refractivity contribution in [3.63, 3.8) is 0 Å². The van der Waals surface area contributed by atoms with E-state index in [1.54, 1.807) is 6.07 Å². The van der Waals surface area contributed by atoms with Crippen LogP contribution in [0.3, 0.4) is 0 Å². The van der Waals surface area contributed by atoms with E-state index < -0.39 is 0 Å². The van der Waals surface area contributed by atoms with Crippen molar-refractivity contribution in [2.75, 3.05) is 0 Å².